The molecule has 20 heavy (non-hydrogen) atoms. The lowest BCUT2D eigenvalue weighted by atomic mass is 9.96. The molecule has 7 heteroatoms. The molecule has 0 saturated heterocycles. The van der Waals surface area contributed by atoms with Gasteiger partial charge in [-0.1, -0.05) is 20.8 Å². The van der Waals surface area contributed by atoms with Crippen molar-refractivity contribution in [2.45, 2.75) is 26.2 Å². The Morgan fingerprint density at radius 2 is 1.50 bits per heavy atom. The number of anilines is 1. The van der Waals surface area contributed by atoms with Crippen LogP contribution in [0.25, 0.3) is 11.4 Å². The van der Waals surface area contributed by atoms with Crippen molar-refractivity contribution in [2.24, 2.45) is 0 Å². The quantitative estimate of drug-likeness (QED) is 0.817. The topological polar surface area (TPSA) is 64.7 Å². The second-order valence-corrected chi connectivity index (χ2v) is 5.34. The SMILES string of the molecule is CC(C)(C)c1nc(N)nc(-c2cc(F)c(F)c(F)c2)n1. The number of hydrogen-bond donors (Lipinski definition) is 1. The van der Waals surface area contributed by atoms with Crippen LogP contribution in [0.3, 0.4) is 0 Å². The van der Waals surface area contributed by atoms with Crippen LogP contribution in [0.5, 0.6) is 0 Å². The molecule has 2 aromatic rings. The molecule has 0 bridgehead atoms. The number of hydrogen-bond acceptors (Lipinski definition) is 4. The highest BCUT2D eigenvalue weighted by molar-refractivity contribution is 5.56. The Bertz CT molecular complexity index is 642. The lowest BCUT2D eigenvalue weighted by molar-refractivity contribution is 0.447. The van der Waals surface area contributed by atoms with Gasteiger partial charge in [-0.3, -0.25) is 0 Å². The predicted molar refractivity (Wildman–Crippen MR) is 68.2 cm³/mol. The zero-order chi connectivity index (χ0) is 15.1. The van der Waals surface area contributed by atoms with Gasteiger partial charge in [0.2, 0.25) is 5.95 Å². The van der Waals surface area contributed by atoms with Crippen molar-refractivity contribution in [3.8, 4) is 11.4 Å². The van der Waals surface area contributed by atoms with Crippen molar-refractivity contribution >= 4 is 5.95 Å². The number of rotatable bonds is 1. The van der Waals surface area contributed by atoms with Crippen molar-refractivity contribution in [3.63, 3.8) is 0 Å². The minimum Gasteiger partial charge on any atom is -0.368 e. The molecular weight excluding hydrogens is 269 g/mol. The summed E-state index contributed by atoms with van der Waals surface area (Å²) in [6.07, 6.45) is 0. The molecule has 2 N–H and O–H groups in total. The largest absolute Gasteiger partial charge is 0.368 e. The third kappa shape index (κ3) is 2.71. The zero-order valence-electron chi connectivity index (χ0n) is 11.2. The molecule has 106 valence electrons. The van der Waals surface area contributed by atoms with Gasteiger partial charge in [-0.2, -0.15) is 9.97 Å². The molecule has 0 spiro atoms. The Kier molecular flexibility index (Phi) is 3.37. The van der Waals surface area contributed by atoms with E-state index in [2.05, 4.69) is 15.0 Å². The van der Waals surface area contributed by atoms with Gasteiger partial charge in [0.25, 0.3) is 0 Å². The molecule has 4 nitrogen and oxygen atoms in total. The fourth-order valence-electron chi connectivity index (χ4n) is 1.54. The Labute approximate surface area is 113 Å². The Balaban J connectivity index is 2.61. The van der Waals surface area contributed by atoms with Crippen LogP contribution >= 0.6 is 0 Å². The van der Waals surface area contributed by atoms with Crippen LogP contribution in [0.15, 0.2) is 12.1 Å². The molecule has 0 aliphatic rings. The van der Waals surface area contributed by atoms with Crippen LogP contribution in [0.1, 0.15) is 26.6 Å². The molecule has 1 aromatic heterocycles. The van der Waals surface area contributed by atoms with Crippen LogP contribution in [0.4, 0.5) is 19.1 Å². The Morgan fingerprint density at radius 1 is 0.950 bits per heavy atom. The summed E-state index contributed by atoms with van der Waals surface area (Å²) in [4.78, 5) is 11.9. The van der Waals surface area contributed by atoms with Gasteiger partial charge in [0.15, 0.2) is 23.3 Å². The van der Waals surface area contributed by atoms with Gasteiger partial charge in [-0.15, -0.1) is 0 Å². The zero-order valence-corrected chi connectivity index (χ0v) is 11.2. The second-order valence-electron chi connectivity index (χ2n) is 5.34. The predicted octanol–water partition coefficient (Wildman–Crippen LogP) is 2.84. The van der Waals surface area contributed by atoms with E-state index in [1.165, 1.54) is 0 Å². The maximum atomic E-state index is 13.2. The standard InChI is InChI=1S/C13H13F3N4/c1-13(2,3)11-18-10(19-12(17)20-11)6-4-7(14)9(16)8(15)5-6/h4-5H,1-3H3,(H2,17,18,19,20). The fourth-order valence-corrected chi connectivity index (χ4v) is 1.54. The number of nitrogens with zero attached hydrogens (tertiary/aromatic N) is 3. The van der Waals surface area contributed by atoms with Gasteiger partial charge in [0, 0.05) is 11.0 Å². The number of nitrogen functional groups attached to an aromatic ring is 1. The second kappa shape index (κ2) is 4.73. The molecule has 1 heterocycles. The first-order valence-corrected chi connectivity index (χ1v) is 5.85. The van der Waals surface area contributed by atoms with Crippen LogP contribution in [-0.4, -0.2) is 15.0 Å². The van der Waals surface area contributed by atoms with Crippen molar-refractivity contribution < 1.29 is 13.2 Å². The fraction of sp³-hybridized carbons (Fsp3) is 0.308. The van der Waals surface area contributed by atoms with E-state index in [1.807, 2.05) is 20.8 Å². The summed E-state index contributed by atoms with van der Waals surface area (Å²) in [7, 11) is 0. The molecule has 1 aromatic carbocycles. The monoisotopic (exact) mass is 282 g/mol. The lowest BCUT2D eigenvalue weighted by Gasteiger charge is -2.17. The van der Waals surface area contributed by atoms with E-state index in [-0.39, 0.29) is 17.3 Å². The molecule has 0 unspecified atom stereocenters. The van der Waals surface area contributed by atoms with Gasteiger partial charge in [-0.05, 0) is 12.1 Å². The average Bonchev–Trinajstić information content (AvgIpc) is 2.33. The van der Waals surface area contributed by atoms with E-state index in [1.54, 1.807) is 0 Å². The number of benzene rings is 1. The minimum atomic E-state index is -1.54. The van der Waals surface area contributed by atoms with E-state index < -0.39 is 22.9 Å². The summed E-state index contributed by atoms with van der Waals surface area (Å²) in [6.45, 7) is 5.58. The first kappa shape index (κ1) is 14.2. The summed E-state index contributed by atoms with van der Waals surface area (Å²) < 4.78 is 39.4. The van der Waals surface area contributed by atoms with E-state index in [4.69, 9.17) is 5.73 Å². The molecular formula is C13H13F3N4. The third-order valence-corrected chi connectivity index (χ3v) is 2.57. The normalized spacial score (nSPS) is 11.7. The Morgan fingerprint density at radius 3 is 2.00 bits per heavy atom. The lowest BCUT2D eigenvalue weighted by Crippen LogP contribution is -2.18. The number of halogens is 3. The highest BCUT2D eigenvalue weighted by Gasteiger charge is 2.21. The molecule has 0 saturated carbocycles. The maximum absolute atomic E-state index is 13.2. The first-order chi connectivity index (χ1) is 9.18. The van der Waals surface area contributed by atoms with Crippen LogP contribution < -0.4 is 5.73 Å². The van der Waals surface area contributed by atoms with Crippen molar-refractivity contribution in [2.75, 3.05) is 5.73 Å². The highest BCUT2D eigenvalue weighted by Crippen LogP contribution is 2.24. The maximum Gasteiger partial charge on any atom is 0.223 e. The summed E-state index contributed by atoms with van der Waals surface area (Å²) in [6, 6.07) is 1.64. The molecule has 0 aliphatic heterocycles. The van der Waals surface area contributed by atoms with E-state index >= 15 is 0 Å². The van der Waals surface area contributed by atoms with Gasteiger partial charge < -0.3 is 5.73 Å². The van der Waals surface area contributed by atoms with Crippen LogP contribution in [0.2, 0.25) is 0 Å². The average molecular weight is 282 g/mol. The highest BCUT2D eigenvalue weighted by atomic mass is 19.2. The molecule has 0 atom stereocenters. The summed E-state index contributed by atoms with van der Waals surface area (Å²) >= 11 is 0. The third-order valence-electron chi connectivity index (χ3n) is 2.57. The number of nitrogens with two attached hydrogens (primary N) is 1. The van der Waals surface area contributed by atoms with E-state index in [0.717, 1.165) is 12.1 Å². The van der Waals surface area contributed by atoms with Crippen molar-refractivity contribution in [1.82, 2.24) is 15.0 Å². The van der Waals surface area contributed by atoms with Crippen molar-refractivity contribution in [3.05, 3.63) is 35.4 Å². The van der Waals surface area contributed by atoms with Crippen LogP contribution in [0, 0.1) is 17.5 Å². The minimum absolute atomic E-state index is 0.000208. The molecule has 0 fully saturated rings. The molecule has 0 aliphatic carbocycles. The first-order valence-electron chi connectivity index (χ1n) is 5.85. The van der Waals surface area contributed by atoms with Gasteiger partial charge in [0.1, 0.15) is 5.82 Å². The number of aromatic nitrogens is 3. The molecule has 0 amide bonds. The summed E-state index contributed by atoms with van der Waals surface area (Å²) in [5.41, 5.74) is 5.16. The molecule has 0 radical (unpaired) electrons. The van der Waals surface area contributed by atoms with E-state index in [0.29, 0.717) is 5.82 Å². The summed E-state index contributed by atoms with van der Waals surface area (Å²) in [5.74, 6) is -3.84. The molecule has 2 rings (SSSR count). The van der Waals surface area contributed by atoms with Gasteiger partial charge in [-0.25, -0.2) is 18.2 Å². The van der Waals surface area contributed by atoms with Crippen molar-refractivity contribution in [1.29, 1.82) is 0 Å². The van der Waals surface area contributed by atoms with Crippen LogP contribution in [-0.2, 0) is 5.41 Å². The Hall–Kier alpha value is -2.18. The smallest absolute Gasteiger partial charge is 0.223 e. The van der Waals surface area contributed by atoms with Gasteiger partial charge in [0.05, 0.1) is 0 Å². The summed E-state index contributed by atoms with van der Waals surface area (Å²) in [5, 5.41) is 0. The van der Waals surface area contributed by atoms with E-state index in [9.17, 15) is 13.2 Å². The van der Waals surface area contributed by atoms with Gasteiger partial charge >= 0.3 is 0 Å².